The molecular weight excluding hydrogens is 1160 g/mol. The molecule has 0 aromatic heterocycles. The molecule has 0 amide bonds. The number of esters is 1. The summed E-state index contributed by atoms with van der Waals surface area (Å²) in [6.07, 6.45) is -34.0. The van der Waals surface area contributed by atoms with Crippen molar-refractivity contribution < 1.29 is 139 Å². The SMILES string of the molecule is C[C@@H]1O[C@@H](O[C@H]2[C@H](OC(=O)[C@]34CCC(C)(C)C[C@H]3C3=CC[C@@H]5[C@@]6(C)C[C@H](O)[C@H](O[C@@H]7O[C@H](CO)[C@@H](O)[C@H](O)[C@H]7O[C@@H]7O[C@H](CO)[C@@H](O)[C@H](O)[C@H]7O)[C@@](C)(CO)[C@@H]6CC[C@@]5(C)[C@]3(C)CC4)O[C@H](CO)[C@@H](O)[C@@H]2O[C@@H]2OC[C@](O)(CO)[C@H]2O)[C@H](O)[C@H](O)[C@H]1O. The third kappa shape index (κ3) is 11.1. The molecule has 10 rings (SSSR count). The van der Waals surface area contributed by atoms with Gasteiger partial charge in [-0.25, -0.2) is 0 Å². The normalized spacial score (nSPS) is 55.0. The third-order valence-corrected chi connectivity index (χ3v) is 23.3. The van der Waals surface area contributed by atoms with Crippen molar-refractivity contribution >= 4 is 5.97 Å². The van der Waals surface area contributed by atoms with Gasteiger partial charge < -0.3 is 134 Å². The van der Waals surface area contributed by atoms with Crippen LogP contribution in [0.4, 0.5) is 0 Å². The number of hydrogen-bond acceptors (Lipinski definition) is 28. The van der Waals surface area contributed by atoms with E-state index in [1.807, 2.05) is 0 Å². The van der Waals surface area contributed by atoms with Gasteiger partial charge in [-0.05, 0) is 104 Å². The second-order valence-electron chi connectivity index (χ2n) is 28.8. The molecule has 0 bridgehead atoms. The number of aliphatic hydroxyl groups is 17. The summed E-state index contributed by atoms with van der Waals surface area (Å²) in [7, 11) is 0. The van der Waals surface area contributed by atoms with Gasteiger partial charge in [0.15, 0.2) is 31.3 Å². The number of carbonyl (C=O) groups excluding carboxylic acids is 1. The largest absolute Gasteiger partial charge is 0.432 e. The predicted molar refractivity (Wildman–Crippen MR) is 291 cm³/mol. The van der Waals surface area contributed by atoms with Crippen molar-refractivity contribution in [1.29, 1.82) is 0 Å². The van der Waals surface area contributed by atoms with Crippen LogP contribution in [-0.4, -0.2) is 285 Å². The summed E-state index contributed by atoms with van der Waals surface area (Å²) in [4.78, 5) is 15.7. The molecule has 4 saturated carbocycles. The van der Waals surface area contributed by atoms with E-state index in [-0.39, 0.29) is 23.7 Å². The summed E-state index contributed by atoms with van der Waals surface area (Å²) < 4.78 is 60.6. The van der Waals surface area contributed by atoms with Crippen molar-refractivity contribution in [1.82, 2.24) is 0 Å². The maximum absolute atomic E-state index is 15.7. The third-order valence-electron chi connectivity index (χ3n) is 23.3. The molecule has 5 aliphatic carbocycles. The van der Waals surface area contributed by atoms with Crippen LogP contribution < -0.4 is 0 Å². The Bertz CT molecular complexity index is 2440. The Hall–Kier alpha value is -1.83. The van der Waals surface area contributed by atoms with Gasteiger partial charge in [0, 0.05) is 5.41 Å². The molecule has 28 heteroatoms. The van der Waals surface area contributed by atoms with E-state index in [1.165, 1.54) is 6.92 Å². The zero-order chi connectivity index (χ0) is 63.6. The van der Waals surface area contributed by atoms with Crippen LogP contribution in [0.3, 0.4) is 0 Å². The highest BCUT2D eigenvalue weighted by Crippen LogP contribution is 2.76. The number of aliphatic hydroxyl groups excluding tert-OH is 16. The van der Waals surface area contributed by atoms with Gasteiger partial charge in [-0.1, -0.05) is 53.2 Å². The van der Waals surface area contributed by atoms with Crippen molar-refractivity contribution in [2.45, 2.75) is 259 Å². The fourth-order valence-corrected chi connectivity index (χ4v) is 17.8. The Morgan fingerprint density at radius 1 is 0.563 bits per heavy atom. The molecule has 0 unspecified atom stereocenters. The molecule has 87 heavy (non-hydrogen) atoms. The summed E-state index contributed by atoms with van der Waals surface area (Å²) >= 11 is 0. The Morgan fingerprint density at radius 2 is 1.13 bits per heavy atom. The van der Waals surface area contributed by atoms with Crippen LogP contribution in [0.25, 0.3) is 0 Å². The minimum absolute atomic E-state index is 0.137. The molecular formula is C59H96O28. The van der Waals surface area contributed by atoms with Gasteiger partial charge in [-0.15, -0.1) is 0 Å². The lowest BCUT2D eigenvalue weighted by atomic mass is 9.33. The first kappa shape index (κ1) is 68.0. The summed E-state index contributed by atoms with van der Waals surface area (Å²) in [5, 5.41) is 186. The fourth-order valence-electron chi connectivity index (χ4n) is 17.8. The minimum Gasteiger partial charge on any atom is -0.432 e. The van der Waals surface area contributed by atoms with Crippen molar-refractivity contribution in [3.05, 3.63) is 11.6 Å². The molecule has 0 spiro atoms. The molecule has 17 N–H and O–H groups in total. The molecule has 28 nitrogen and oxygen atoms in total. The van der Waals surface area contributed by atoms with Gasteiger partial charge >= 0.3 is 5.97 Å². The second-order valence-corrected chi connectivity index (χ2v) is 28.8. The molecule has 33 atom stereocenters. The Labute approximate surface area is 504 Å². The first-order valence-corrected chi connectivity index (χ1v) is 30.8. The van der Waals surface area contributed by atoms with Crippen LogP contribution in [0.2, 0.25) is 0 Å². The average Bonchev–Trinajstić information content (AvgIpc) is 1.04. The van der Waals surface area contributed by atoms with Gasteiger partial charge in [0.05, 0.1) is 63.4 Å². The quantitative estimate of drug-likeness (QED) is 0.0417. The Balaban J connectivity index is 0.940. The van der Waals surface area contributed by atoms with Crippen molar-refractivity contribution in [2.24, 2.45) is 50.2 Å². The van der Waals surface area contributed by atoms with Crippen LogP contribution in [0, 0.1) is 50.2 Å². The highest BCUT2D eigenvalue weighted by Gasteiger charge is 2.72. The first-order valence-electron chi connectivity index (χ1n) is 30.8. The van der Waals surface area contributed by atoms with Crippen LogP contribution in [0.5, 0.6) is 0 Å². The van der Waals surface area contributed by atoms with Crippen molar-refractivity contribution in [2.75, 3.05) is 39.6 Å². The summed E-state index contributed by atoms with van der Waals surface area (Å²) in [6.45, 7) is 9.66. The summed E-state index contributed by atoms with van der Waals surface area (Å²) in [5.41, 5.74) is -5.62. The lowest BCUT2D eigenvalue weighted by Crippen LogP contribution is -2.70. The molecule has 0 aromatic rings. The van der Waals surface area contributed by atoms with E-state index in [1.54, 1.807) is 6.92 Å². The van der Waals surface area contributed by atoms with Crippen molar-refractivity contribution in [3.8, 4) is 0 Å². The van der Waals surface area contributed by atoms with Gasteiger partial charge in [-0.3, -0.25) is 4.79 Å². The van der Waals surface area contributed by atoms with Gasteiger partial charge in [0.2, 0.25) is 6.29 Å². The zero-order valence-corrected chi connectivity index (χ0v) is 50.4. The molecule has 500 valence electrons. The van der Waals surface area contributed by atoms with E-state index in [0.29, 0.717) is 51.4 Å². The topological polar surface area (TPSA) is 453 Å². The highest BCUT2D eigenvalue weighted by atomic mass is 16.8. The predicted octanol–water partition coefficient (Wildman–Crippen LogP) is -4.60. The van der Waals surface area contributed by atoms with Crippen LogP contribution >= 0.6 is 0 Å². The highest BCUT2D eigenvalue weighted by molar-refractivity contribution is 5.79. The summed E-state index contributed by atoms with van der Waals surface area (Å²) in [6, 6.07) is 0. The van der Waals surface area contributed by atoms with Crippen LogP contribution in [0.15, 0.2) is 11.6 Å². The van der Waals surface area contributed by atoms with E-state index >= 15 is 4.79 Å². The lowest BCUT2D eigenvalue weighted by Gasteiger charge is -2.72. The Kier molecular flexibility index (Phi) is 19.4. The zero-order valence-electron chi connectivity index (χ0n) is 50.4. The van der Waals surface area contributed by atoms with Crippen LogP contribution in [-0.2, 0) is 52.2 Å². The molecule has 5 aliphatic heterocycles. The molecule has 5 heterocycles. The average molecular weight is 1250 g/mol. The van der Waals surface area contributed by atoms with Gasteiger partial charge in [0.1, 0.15) is 97.2 Å². The molecule has 5 saturated heterocycles. The molecule has 0 radical (unpaired) electrons. The lowest BCUT2D eigenvalue weighted by molar-refractivity contribution is -0.384. The number of allylic oxidation sites excluding steroid dienone is 2. The standard InChI is InChI=1S/C59H96O28/c1-24-33(66)37(70)40(73)47(79-24)85-44-42(83-51-45(75)59(77,22-64)23-78-51)36(69)30(20-62)82-50(44)87-52(76)58-14-12-53(2,3)16-26(58)25-8-9-32-54(4)17-27(65)46(55(5,21-63)31(54)10-11-57(32,7)56(25,6)13-15-58)86-49-43(39(72)35(68)29(19-61)81-49)84-48-41(74)38(71)34(67)28(18-60)80-48/h8,24,26-51,60-75,77H,9-23H2,1-7H3/t24-,26-,27-,28+,29+,30+,31+,32+,33-,34+,35+,36+,37+,38-,39-,40+,41+,42-,43+,44+,45-,46-,47-,48-,49-,50-,51-,54-,55-,56+,57+,58-,59+/m0/s1. The number of carbonyl (C=O) groups is 1. The summed E-state index contributed by atoms with van der Waals surface area (Å²) in [5.74, 6) is -1.60. The monoisotopic (exact) mass is 1250 g/mol. The van der Waals surface area contributed by atoms with E-state index in [2.05, 4.69) is 40.7 Å². The van der Waals surface area contributed by atoms with Crippen molar-refractivity contribution in [3.63, 3.8) is 0 Å². The maximum atomic E-state index is 15.7. The van der Waals surface area contributed by atoms with Gasteiger partial charge in [-0.2, -0.15) is 0 Å². The fraction of sp³-hybridized carbons (Fsp3) is 0.949. The van der Waals surface area contributed by atoms with E-state index in [0.717, 1.165) is 5.57 Å². The molecule has 10 aliphatic rings. The number of rotatable bonds is 15. The molecule has 9 fully saturated rings. The first-order chi connectivity index (χ1) is 40.8. The van der Waals surface area contributed by atoms with E-state index in [9.17, 15) is 86.8 Å². The second kappa shape index (κ2) is 24.8. The smallest absolute Gasteiger partial charge is 0.315 e. The van der Waals surface area contributed by atoms with Crippen LogP contribution in [0.1, 0.15) is 106 Å². The number of fused-ring (bicyclic) bond motifs is 7. The Morgan fingerprint density at radius 3 is 1.75 bits per heavy atom. The minimum atomic E-state index is -2.18. The number of hydrogen-bond donors (Lipinski definition) is 17. The molecule has 0 aromatic carbocycles. The van der Waals surface area contributed by atoms with E-state index < -0.39 is 232 Å². The maximum Gasteiger partial charge on any atom is 0.315 e. The number of ether oxygens (including phenoxy) is 10. The van der Waals surface area contributed by atoms with E-state index in [4.69, 9.17) is 47.4 Å². The van der Waals surface area contributed by atoms with Gasteiger partial charge in [0.25, 0.3) is 0 Å².